The molecule has 2 aromatic carbocycles. The minimum Gasteiger partial charge on any atom is -0.507 e. The lowest BCUT2D eigenvalue weighted by atomic mass is 9.96. The van der Waals surface area contributed by atoms with E-state index in [1.807, 2.05) is 19.9 Å². The second-order valence-electron chi connectivity index (χ2n) is 11.9. The summed E-state index contributed by atoms with van der Waals surface area (Å²) in [5.74, 6) is -6.10. The molecule has 3 heterocycles. The second-order valence-corrected chi connectivity index (χ2v) is 12.3. The van der Waals surface area contributed by atoms with Crippen LogP contribution in [-0.4, -0.2) is 64.1 Å². The van der Waals surface area contributed by atoms with Crippen LogP contribution in [0.1, 0.15) is 47.8 Å². The fourth-order valence-electron chi connectivity index (χ4n) is 6.36. The molecule has 10 nitrogen and oxygen atoms in total. The lowest BCUT2D eigenvalue weighted by molar-refractivity contribution is -0.131. The van der Waals surface area contributed by atoms with Gasteiger partial charge in [-0.1, -0.05) is 38.1 Å². The standard InChI is InChI=1S/C35H32ClF3N6O4/c1-17(2)29-30(18(3)10-12-42-29)45-32-21(15-22(36)25(28(32)39)26-23(38)7-6-8-24(26)46)31(27(35(45)49)33(47)41-5)43-13-14-44(34(48)19(4)37)20(16-43)9-11-40/h6-8,10,12,15,17,20,46H,4,9,13-14,16H2,1-3,5H3,(H,41,47)/t20-/m0/s1. The average Bonchev–Trinajstić information content (AvgIpc) is 3.05. The number of aromatic hydroxyl groups is 1. The van der Waals surface area contributed by atoms with E-state index in [2.05, 4.69) is 16.9 Å². The molecule has 0 saturated carbocycles. The Balaban J connectivity index is 1.98. The summed E-state index contributed by atoms with van der Waals surface area (Å²) in [6, 6.07) is 7.38. The zero-order chi connectivity index (χ0) is 35.9. The molecule has 49 heavy (non-hydrogen) atoms. The second kappa shape index (κ2) is 13.6. The monoisotopic (exact) mass is 692 g/mol. The third kappa shape index (κ3) is 5.97. The molecule has 5 rings (SSSR count). The number of piperazine rings is 1. The summed E-state index contributed by atoms with van der Waals surface area (Å²) >= 11 is 6.71. The number of rotatable bonds is 7. The van der Waals surface area contributed by atoms with Crippen LogP contribution in [0.3, 0.4) is 0 Å². The summed E-state index contributed by atoms with van der Waals surface area (Å²) in [6.45, 7) is 8.05. The Morgan fingerprint density at radius 2 is 1.92 bits per heavy atom. The first kappa shape index (κ1) is 35.0. The highest BCUT2D eigenvalue weighted by Crippen LogP contribution is 2.44. The number of hydrogen-bond acceptors (Lipinski definition) is 7. The highest BCUT2D eigenvalue weighted by atomic mass is 35.5. The van der Waals surface area contributed by atoms with Gasteiger partial charge in [0.05, 0.1) is 51.7 Å². The minimum atomic E-state index is -1.22. The van der Waals surface area contributed by atoms with Gasteiger partial charge in [0.15, 0.2) is 11.6 Å². The largest absolute Gasteiger partial charge is 0.507 e. The first-order valence-electron chi connectivity index (χ1n) is 15.3. The zero-order valence-electron chi connectivity index (χ0n) is 27.1. The molecular formula is C35H32ClF3N6O4. The topological polar surface area (TPSA) is 132 Å². The Morgan fingerprint density at radius 1 is 1.20 bits per heavy atom. The number of nitrogens with zero attached hydrogens (tertiary/aromatic N) is 5. The molecule has 14 heteroatoms. The predicted molar refractivity (Wildman–Crippen MR) is 180 cm³/mol. The lowest BCUT2D eigenvalue weighted by Crippen LogP contribution is -2.56. The van der Waals surface area contributed by atoms with Gasteiger partial charge in [-0.25, -0.2) is 13.2 Å². The molecule has 0 bridgehead atoms. The first-order valence-corrected chi connectivity index (χ1v) is 15.7. The number of carbonyl (C=O) groups excluding carboxylic acids is 2. The Bertz CT molecular complexity index is 2120. The van der Waals surface area contributed by atoms with Crippen molar-refractivity contribution in [3.05, 3.63) is 92.8 Å². The fraction of sp³-hybridized carbons (Fsp3) is 0.286. The molecule has 1 atom stereocenters. The van der Waals surface area contributed by atoms with Crippen LogP contribution in [0.4, 0.5) is 18.9 Å². The van der Waals surface area contributed by atoms with Gasteiger partial charge in [-0.05, 0) is 42.7 Å². The number of halogens is 4. The van der Waals surface area contributed by atoms with Crippen LogP contribution >= 0.6 is 11.6 Å². The van der Waals surface area contributed by atoms with E-state index in [1.165, 1.54) is 25.4 Å². The van der Waals surface area contributed by atoms with Crippen molar-refractivity contribution in [1.82, 2.24) is 19.8 Å². The predicted octanol–water partition coefficient (Wildman–Crippen LogP) is 5.90. The van der Waals surface area contributed by atoms with Crippen molar-refractivity contribution in [2.45, 2.75) is 39.2 Å². The van der Waals surface area contributed by atoms with Crippen molar-refractivity contribution in [3.63, 3.8) is 0 Å². The van der Waals surface area contributed by atoms with Crippen LogP contribution in [0.2, 0.25) is 5.02 Å². The maximum absolute atomic E-state index is 17.4. The number of phenols is 1. The van der Waals surface area contributed by atoms with Gasteiger partial charge in [0.25, 0.3) is 17.4 Å². The summed E-state index contributed by atoms with van der Waals surface area (Å²) in [5.41, 5.74) is -1.78. The number of aromatic nitrogens is 2. The van der Waals surface area contributed by atoms with Gasteiger partial charge >= 0.3 is 0 Å². The molecule has 1 aliphatic heterocycles. The molecule has 2 aromatic heterocycles. The van der Waals surface area contributed by atoms with Gasteiger partial charge in [0.2, 0.25) is 0 Å². The van der Waals surface area contributed by atoms with E-state index in [9.17, 15) is 29.1 Å². The number of phenolic OH excluding ortho intramolecular Hbond substituents is 1. The summed E-state index contributed by atoms with van der Waals surface area (Å²) in [4.78, 5) is 48.3. The Kier molecular flexibility index (Phi) is 9.73. The number of hydrogen-bond donors (Lipinski definition) is 2. The molecule has 0 spiro atoms. The number of carbonyl (C=O) groups is 2. The van der Waals surface area contributed by atoms with Crippen LogP contribution in [0.5, 0.6) is 5.75 Å². The highest BCUT2D eigenvalue weighted by Gasteiger charge is 2.37. The van der Waals surface area contributed by atoms with Crippen molar-refractivity contribution in [1.29, 1.82) is 5.26 Å². The maximum Gasteiger partial charge on any atom is 0.282 e. The average molecular weight is 693 g/mol. The molecule has 1 fully saturated rings. The van der Waals surface area contributed by atoms with Crippen molar-refractivity contribution < 1.29 is 27.9 Å². The summed E-state index contributed by atoms with van der Waals surface area (Å²) < 4.78 is 47.6. The van der Waals surface area contributed by atoms with Gasteiger partial charge in [0, 0.05) is 43.8 Å². The number of anilines is 1. The smallest absolute Gasteiger partial charge is 0.282 e. The fourth-order valence-corrected chi connectivity index (χ4v) is 6.65. The maximum atomic E-state index is 17.4. The summed E-state index contributed by atoms with van der Waals surface area (Å²) in [7, 11) is 1.31. The Morgan fingerprint density at radius 3 is 2.53 bits per heavy atom. The lowest BCUT2D eigenvalue weighted by Gasteiger charge is -2.42. The first-order chi connectivity index (χ1) is 23.2. The number of aryl methyl sites for hydroxylation is 1. The highest BCUT2D eigenvalue weighted by molar-refractivity contribution is 6.34. The van der Waals surface area contributed by atoms with Gasteiger partial charge in [-0.3, -0.25) is 23.9 Å². The third-order valence-corrected chi connectivity index (χ3v) is 8.86. The molecule has 2 N–H and O–H groups in total. The van der Waals surface area contributed by atoms with Gasteiger partial charge < -0.3 is 20.2 Å². The van der Waals surface area contributed by atoms with Gasteiger partial charge in [-0.15, -0.1) is 0 Å². The van der Waals surface area contributed by atoms with Crippen molar-refractivity contribution in [2.75, 3.05) is 31.6 Å². The zero-order valence-corrected chi connectivity index (χ0v) is 27.8. The normalized spacial score (nSPS) is 14.7. The number of fused-ring (bicyclic) bond motifs is 1. The summed E-state index contributed by atoms with van der Waals surface area (Å²) in [6.07, 6.45) is 1.30. The quantitative estimate of drug-likeness (QED) is 0.231. The molecule has 0 radical (unpaired) electrons. The molecule has 1 saturated heterocycles. The Labute approximate surface area is 284 Å². The van der Waals surface area contributed by atoms with E-state index >= 15 is 8.78 Å². The number of benzene rings is 2. The van der Waals surface area contributed by atoms with Gasteiger partial charge in [-0.2, -0.15) is 5.26 Å². The number of nitrogens with one attached hydrogen (secondary N) is 1. The van der Waals surface area contributed by atoms with Crippen LogP contribution in [0.25, 0.3) is 27.7 Å². The third-order valence-electron chi connectivity index (χ3n) is 8.56. The molecule has 4 aromatic rings. The number of nitriles is 1. The minimum absolute atomic E-state index is 0.0383. The van der Waals surface area contributed by atoms with E-state index in [0.717, 1.165) is 21.6 Å². The van der Waals surface area contributed by atoms with Crippen LogP contribution in [0.15, 0.2) is 53.7 Å². The molecule has 0 unspecified atom stereocenters. The molecule has 254 valence electrons. The van der Waals surface area contributed by atoms with Crippen molar-refractivity contribution in [2.24, 2.45) is 0 Å². The molecular weight excluding hydrogens is 661 g/mol. The van der Waals surface area contributed by atoms with Gasteiger partial charge in [0.1, 0.15) is 17.1 Å². The van der Waals surface area contributed by atoms with E-state index in [-0.39, 0.29) is 59.3 Å². The van der Waals surface area contributed by atoms with E-state index in [0.29, 0.717) is 11.3 Å². The molecule has 0 aliphatic carbocycles. The van der Waals surface area contributed by atoms with E-state index in [1.54, 1.807) is 17.9 Å². The molecule has 1 aliphatic rings. The van der Waals surface area contributed by atoms with E-state index in [4.69, 9.17) is 11.6 Å². The number of pyridine rings is 2. The number of amides is 2. The van der Waals surface area contributed by atoms with Crippen molar-refractivity contribution >= 4 is 40.0 Å². The SMILES string of the molecule is C=C(F)C(=O)N1CCN(c2c(C(=O)NC)c(=O)n(-c3c(C)ccnc3C(C)C)c3c(F)c(-c4c(O)cccc4F)c(Cl)cc23)C[C@@H]1CC#N. The van der Waals surface area contributed by atoms with Crippen LogP contribution in [-0.2, 0) is 4.79 Å². The van der Waals surface area contributed by atoms with Crippen molar-refractivity contribution in [3.8, 4) is 28.6 Å². The molecule has 2 amide bonds. The Hall–Kier alpha value is -5.35. The summed E-state index contributed by atoms with van der Waals surface area (Å²) in [5, 5.41) is 22.3. The van der Waals surface area contributed by atoms with Crippen LogP contribution in [0, 0.1) is 29.9 Å². The van der Waals surface area contributed by atoms with Crippen LogP contribution < -0.4 is 15.8 Å². The van der Waals surface area contributed by atoms with E-state index < -0.39 is 63.3 Å².